The minimum atomic E-state index is -0.169. The summed E-state index contributed by atoms with van der Waals surface area (Å²) in [6, 6.07) is 0. The van der Waals surface area contributed by atoms with Crippen LogP contribution in [0.25, 0.3) is 0 Å². The zero-order chi connectivity index (χ0) is 12.5. The molecular formula is C9H6Cl5OP. The van der Waals surface area contributed by atoms with Crippen LogP contribution in [0.1, 0.15) is 17.3 Å². The van der Waals surface area contributed by atoms with Gasteiger partial charge in [0.1, 0.15) is 0 Å². The van der Waals surface area contributed by atoms with Gasteiger partial charge in [-0.25, -0.2) is 0 Å². The Kier molecular flexibility index (Phi) is 5.64. The van der Waals surface area contributed by atoms with Crippen LogP contribution in [0, 0.1) is 0 Å². The summed E-state index contributed by atoms with van der Waals surface area (Å²) in [4.78, 5) is 11.8. The lowest BCUT2D eigenvalue weighted by Crippen LogP contribution is -1.97. The molecule has 0 aliphatic carbocycles. The summed E-state index contributed by atoms with van der Waals surface area (Å²) in [6.07, 6.45) is 0.712. The first-order valence-electron chi connectivity index (χ1n) is 4.21. The lowest BCUT2D eigenvalue weighted by atomic mass is 10.2. The summed E-state index contributed by atoms with van der Waals surface area (Å²) >= 11 is 29.4. The maximum Gasteiger partial charge on any atom is 0.184 e. The van der Waals surface area contributed by atoms with Crippen LogP contribution in [-0.2, 0) is 0 Å². The van der Waals surface area contributed by atoms with Gasteiger partial charge in [0.2, 0.25) is 0 Å². The zero-order valence-corrected chi connectivity index (χ0v) is 12.8. The molecule has 0 aliphatic rings. The monoisotopic (exact) mass is 336 g/mol. The Balaban J connectivity index is 3.45. The van der Waals surface area contributed by atoms with E-state index < -0.39 is 0 Å². The standard InChI is InChI=1S/C9H6Cl5OP/c1-2-16-9(15)3-4(10)6(12)8(14)7(13)5(3)11/h16H,2H2,1H3. The molecule has 1 aromatic carbocycles. The van der Waals surface area contributed by atoms with Gasteiger partial charge in [0.25, 0.3) is 0 Å². The Bertz CT molecular complexity index is 417. The lowest BCUT2D eigenvalue weighted by molar-refractivity contribution is 0.108. The van der Waals surface area contributed by atoms with E-state index in [-0.39, 0.29) is 44.8 Å². The van der Waals surface area contributed by atoms with Gasteiger partial charge in [-0.1, -0.05) is 64.9 Å². The highest BCUT2D eigenvalue weighted by Crippen LogP contribution is 2.45. The number of halogens is 5. The van der Waals surface area contributed by atoms with E-state index in [2.05, 4.69) is 0 Å². The summed E-state index contributed by atoms with van der Waals surface area (Å²) < 4.78 is 0. The quantitative estimate of drug-likeness (QED) is 0.387. The predicted octanol–water partition coefficient (Wildman–Crippen LogP) is 5.79. The number of hydrogen-bond acceptors (Lipinski definition) is 1. The molecule has 7 heteroatoms. The molecule has 1 rings (SSSR count). The lowest BCUT2D eigenvalue weighted by Gasteiger charge is -2.10. The summed E-state index contributed by atoms with van der Waals surface area (Å²) in [6.45, 7) is 1.89. The van der Waals surface area contributed by atoms with E-state index in [4.69, 9.17) is 58.0 Å². The van der Waals surface area contributed by atoms with Crippen LogP contribution in [0.5, 0.6) is 0 Å². The Morgan fingerprint density at radius 2 is 1.31 bits per heavy atom. The molecule has 1 aromatic rings. The molecule has 0 bridgehead atoms. The molecule has 0 aliphatic heterocycles. The van der Waals surface area contributed by atoms with Gasteiger partial charge in [-0.15, -0.1) is 0 Å². The van der Waals surface area contributed by atoms with Gasteiger partial charge in [0.05, 0.1) is 30.7 Å². The maximum absolute atomic E-state index is 11.8. The van der Waals surface area contributed by atoms with Crippen molar-refractivity contribution in [2.24, 2.45) is 0 Å². The van der Waals surface area contributed by atoms with Crippen LogP contribution in [0.2, 0.25) is 25.1 Å². The Morgan fingerprint density at radius 3 is 1.69 bits per heavy atom. The van der Waals surface area contributed by atoms with Crippen LogP contribution in [0.15, 0.2) is 0 Å². The molecule has 0 amide bonds. The molecule has 1 unspecified atom stereocenters. The molecule has 0 aromatic heterocycles. The van der Waals surface area contributed by atoms with E-state index in [0.717, 1.165) is 0 Å². The summed E-state index contributed by atoms with van der Waals surface area (Å²) in [7, 11) is 0.0802. The van der Waals surface area contributed by atoms with E-state index >= 15 is 0 Å². The molecule has 16 heavy (non-hydrogen) atoms. The molecule has 0 heterocycles. The van der Waals surface area contributed by atoms with Gasteiger partial charge < -0.3 is 0 Å². The van der Waals surface area contributed by atoms with Crippen molar-refractivity contribution < 1.29 is 4.79 Å². The average Bonchev–Trinajstić information content (AvgIpc) is 2.24. The van der Waals surface area contributed by atoms with Crippen LogP contribution < -0.4 is 0 Å². The van der Waals surface area contributed by atoms with Crippen molar-refractivity contribution in [2.45, 2.75) is 6.92 Å². The van der Waals surface area contributed by atoms with Crippen molar-refractivity contribution >= 4 is 72.1 Å². The maximum atomic E-state index is 11.8. The Morgan fingerprint density at radius 1 is 0.938 bits per heavy atom. The number of benzene rings is 1. The molecular weight excluding hydrogens is 332 g/mol. The number of hydrogen-bond donors (Lipinski definition) is 0. The van der Waals surface area contributed by atoms with Crippen LogP contribution in [-0.4, -0.2) is 11.7 Å². The van der Waals surface area contributed by atoms with Gasteiger partial charge in [0, 0.05) is 0 Å². The largest absolute Gasteiger partial charge is 0.289 e. The molecule has 88 valence electrons. The first-order valence-corrected chi connectivity index (χ1v) is 7.31. The second-order valence-electron chi connectivity index (χ2n) is 2.80. The van der Waals surface area contributed by atoms with E-state index in [9.17, 15) is 4.79 Å². The fourth-order valence-electron chi connectivity index (χ4n) is 1.05. The van der Waals surface area contributed by atoms with Gasteiger partial charge in [-0.2, -0.15) is 0 Å². The highest BCUT2D eigenvalue weighted by Gasteiger charge is 2.23. The highest BCUT2D eigenvalue weighted by atomic mass is 35.5. The normalized spacial score (nSPS) is 11.4. The molecule has 1 nitrogen and oxygen atoms in total. The van der Waals surface area contributed by atoms with Crippen LogP contribution >= 0.6 is 66.6 Å². The minimum absolute atomic E-state index is 0.0574. The molecule has 0 fully saturated rings. The van der Waals surface area contributed by atoms with Crippen LogP contribution in [0.4, 0.5) is 0 Å². The highest BCUT2D eigenvalue weighted by molar-refractivity contribution is 7.58. The minimum Gasteiger partial charge on any atom is -0.289 e. The van der Waals surface area contributed by atoms with E-state index in [1.165, 1.54) is 0 Å². The van der Waals surface area contributed by atoms with Crippen LogP contribution in [0.3, 0.4) is 0 Å². The smallest absolute Gasteiger partial charge is 0.184 e. The third kappa shape index (κ3) is 2.77. The molecule has 0 N–H and O–H groups in total. The zero-order valence-electron chi connectivity index (χ0n) is 8.01. The fraction of sp³-hybridized carbons (Fsp3) is 0.222. The number of carbonyl (C=O) groups excluding carboxylic acids is 1. The average molecular weight is 338 g/mol. The first-order chi connectivity index (χ1) is 7.41. The molecule has 0 saturated heterocycles. The van der Waals surface area contributed by atoms with Gasteiger partial charge >= 0.3 is 0 Å². The van der Waals surface area contributed by atoms with E-state index in [1.807, 2.05) is 6.92 Å². The van der Waals surface area contributed by atoms with Gasteiger partial charge in [0.15, 0.2) is 5.52 Å². The summed E-state index contributed by atoms with van der Waals surface area (Å²) in [5.41, 5.74) is -0.0131. The second kappa shape index (κ2) is 6.09. The Labute approximate surface area is 120 Å². The predicted molar refractivity (Wildman–Crippen MR) is 74.7 cm³/mol. The molecule has 0 spiro atoms. The SMILES string of the molecule is CCPC(=O)c1c(Cl)c(Cl)c(Cl)c(Cl)c1Cl. The van der Waals surface area contributed by atoms with Crippen molar-refractivity contribution in [3.63, 3.8) is 0 Å². The van der Waals surface area contributed by atoms with E-state index in [1.54, 1.807) is 0 Å². The molecule has 1 atom stereocenters. The molecule has 0 radical (unpaired) electrons. The van der Waals surface area contributed by atoms with Crippen molar-refractivity contribution in [3.05, 3.63) is 30.7 Å². The van der Waals surface area contributed by atoms with E-state index in [0.29, 0.717) is 6.16 Å². The summed E-state index contributed by atoms with van der Waals surface area (Å²) in [5.74, 6) is 0. The van der Waals surface area contributed by atoms with Gasteiger partial charge in [-0.3, -0.25) is 4.79 Å². The number of rotatable bonds is 3. The number of carbonyl (C=O) groups is 1. The Hall–Kier alpha value is 0.770. The second-order valence-corrected chi connectivity index (χ2v) is 6.21. The first kappa shape index (κ1) is 14.8. The van der Waals surface area contributed by atoms with Gasteiger partial charge in [-0.05, 0) is 14.7 Å². The summed E-state index contributed by atoms with van der Waals surface area (Å²) in [5, 5.41) is 0.303. The third-order valence-corrected chi connectivity index (χ3v) is 4.98. The van der Waals surface area contributed by atoms with Crippen molar-refractivity contribution in [3.8, 4) is 0 Å². The van der Waals surface area contributed by atoms with Crippen molar-refractivity contribution in [2.75, 3.05) is 6.16 Å². The van der Waals surface area contributed by atoms with Crippen molar-refractivity contribution in [1.29, 1.82) is 0 Å². The fourth-order valence-corrected chi connectivity index (χ4v) is 3.27. The van der Waals surface area contributed by atoms with Crippen molar-refractivity contribution in [1.82, 2.24) is 0 Å². The molecule has 0 saturated carbocycles. The topological polar surface area (TPSA) is 17.1 Å². The third-order valence-electron chi connectivity index (χ3n) is 1.77.